The highest BCUT2D eigenvalue weighted by atomic mass is 16.5. The van der Waals surface area contributed by atoms with E-state index in [0.29, 0.717) is 12.0 Å². The maximum atomic E-state index is 6.37. The number of rotatable bonds is 1. The van der Waals surface area contributed by atoms with Crippen LogP contribution in [0.15, 0.2) is 22.6 Å². The molecule has 2 aliphatic carbocycles. The monoisotopic (exact) mass is 311 g/mol. The second kappa shape index (κ2) is 5.01. The number of ether oxygens (including phenoxy) is 1. The van der Waals surface area contributed by atoms with E-state index in [1.807, 2.05) is 6.07 Å². The van der Waals surface area contributed by atoms with E-state index < -0.39 is 0 Å². The molecule has 2 heterocycles. The van der Waals surface area contributed by atoms with Crippen LogP contribution < -0.4 is 10.1 Å². The van der Waals surface area contributed by atoms with Crippen LogP contribution in [0.1, 0.15) is 43.4 Å². The first-order valence-corrected chi connectivity index (χ1v) is 9.09. The maximum absolute atomic E-state index is 6.37. The second-order valence-corrected chi connectivity index (χ2v) is 7.71. The second-order valence-electron chi connectivity index (χ2n) is 7.71. The van der Waals surface area contributed by atoms with Gasteiger partial charge in [0, 0.05) is 22.9 Å². The van der Waals surface area contributed by atoms with E-state index in [2.05, 4.69) is 24.4 Å². The van der Waals surface area contributed by atoms with Gasteiger partial charge in [0.05, 0.1) is 7.11 Å². The third-order valence-corrected chi connectivity index (χ3v) is 6.83. The van der Waals surface area contributed by atoms with Crippen LogP contribution in [0.5, 0.6) is 5.75 Å². The van der Waals surface area contributed by atoms with Gasteiger partial charge in [-0.3, -0.25) is 0 Å². The number of hydrogen-bond acceptors (Lipinski definition) is 3. The summed E-state index contributed by atoms with van der Waals surface area (Å²) in [5.74, 6) is 5.50. The van der Waals surface area contributed by atoms with Gasteiger partial charge in [0.1, 0.15) is 17.1 Å². The molecule has 0 amide bonds. The van der Waals surface area contributed by atoms with Crippen LogP contribution >= 0.6 is 0 Å². The predicted molar refractivity (Wildman–Crippen MR) is 91.0 cm³/mol. The molecule has 3 heteroatoms. The van der Waals surface area contributed by atoms with Crippen molar-refractivity contribution in [3.63, 3.8) is 0 Å². The Morgan fingerprint density at radius 2 is 2.04 bits per heavy atom. The molecule has 4 bridgehead atoms. The van der Waals surface area contributed by atoms with Gasteiger partial charge in [0.15, 0.2) is 0 Å². The number of benzene rings is 1. The Morgan fingerprint density at radius 3 is 2.91 bits per heavy atom. The van der Waals surface area contributed by atoms with Crippen molar-refractivity contribution >= 4 is 11.0 Å². The Labute approximate surface area is 137 Å². The Morgan fingerprint density at radius 1 is 1.17 bits per heavy atom. The molecule has 0 spiro atoms. The highest BCUT2D eigenvalue weighted by Gasteiger charge is 2.52. The average Bonchev–Trinajstić information content (AvgIpc) is 3.05. The summed E-state index contributed by atoms with van der Waals surface area (Å²) in [4.78, 5) is 0. The molecule has 5 unspecified atom stereocenters. The van der Waals surface area contributed by atoms with Gasteiger partial charge >= 0.3 is 0 Å². The van der Waals surface area contributed by atoms with E-state index in [4.69, 9.17) is 9.15 Å². The molecule has 3 aliphatic rings. The van der Waals surface area contributed by atoms with Gasteiger partial charge in [-0.1, -0.05) is 0 Å². The van der Waals surface area contributed by atoms with E-state index >= 15 is 0 Å². The van der Waals surface area contributed by atoms with E-state index in [-0.39, 0.29) is 0 Å². The summed E-state index contributed by atoms with van der Waals surface area (Å²) in [6.45, 7) is 3.43. The molecular weight excluding hydrogens is 286 g/mol. The number of fused-ring (bicyclic) bond motifs is 4. The van der Waals surface area contributed by atoms with Crippen molar-refractivity contribution in [3.05, 3.63) is 29.5 Å². The molecule has 1 aromatic heterocycles. The van der Waals surface area contributed by atoms with Gasteiger partial charge in [-0.05, 0) is 75.1 Å². The topological polar surface area (TPSA) is 34.4 Å². The molecule has 1 N–H and O–H groups in total. The molecule has 122 valence electrons. The summed E-state index contributed by atoms with van der Waals surface area (Å²) in [5, 5.41) is 5.04. The van der Waals surface area contributed by atoms with Gasteiger partial charge in [0.2, 0.25) is 0 Å². The van der Waals surface area contributed by atoms with Crippen LogP contribution in [-0.4, -0.2) is 19.7 Å². The first-order chi connectivity index (χ1) is 11.3. The standard InChI is InChI=1S/C20H25NO2/c1-11-13-4-5-14-16(13)10-18(14)20-15(7-8-21-11)17-9-12(22-2)3-6-19(17)23-20/h3,6,9,11,13-14,16,18,21H,4-5,7-8,10H2,1-2H3. The Hall–Kier alpha value is -1.48. The largest absolute Gasteiger partial charge is 0.497 e. The lowest BCUT2D eigenvalue weighted by molar-refractivity contribution is 0.0982. The quantitative estimate of drug-likeness (QED) is 0.861. The van der Waals surface area contributed by atoms with E-state index in [9.17, 15) is 0 Å². The van der Waals surface area contributed by atoms with Gasteiger partial charge < -0.3 is 14.5 Å². The van der Waals surface area contributed by atoms with Crippen molar-refractivity contribution in [2.24, 2.45) is 17.8 Å². The first kappa shape index (κ1) is 13.9. The average molecular weight is 311 g/mol. The lowest BCUT2D eigenvalue weighted by Gasteiger charge is -2.44. The molecule has 5 atom stereocenters. The van der Waals surface area contributed by atoms with Crippen molar-refractivity contribution < 1.29 is 9.15 Å². The normalized spacial score (nSPS) is 35.7. The molecule has 5 rings (SSSR count). The van der Waals surface area contributed by atoms with Crippen molar-refractivity contribution in [3.8, 4) is 5.75 Å². The summed E-state index contributed by atoms with van der Waals surface area (Å²) in [5.41, 5.74) is 2.45. The molecule has 0 radical (unpaired) electrons. The van der Waals surface area contributed by atoms with Gasteiger partial charge in [-0.2, -0.15) is 0 Å². The lowest BCUT2D eigenvalue weighted by atomic mass is 9.61. The Kier molecular flexibility index (Phi) is 3.03. The fourth-order valence-corrected chi connectivity index (χ4v) is 5.58. The molecular formula is C20H25NO2. The molecule has 1 aliphatic heterocycles. The van der Waals surface area contributed by atoms with Crippen LogP contribution in [0.25, 0.3) is 11.0 Å². The third-order valence-electron chi connectivity index (χ3n) is 6.83. The summed E-state index contributed by atoms with van der Waals surface area (Å²) < 4.78 is 11.8. The van der Waals surface area contributed by atoms with Crippen molar-refractivity contribution in [1.82, 2.24) is 5.32 Å². The molecule has 0 saturated heterocycles. The van der Waals surface area contributed by atoms with E-state index in [1.165, 1.54) is 36.0 Å². The maximum Gasteiger partial charge on any atom is 0.134 e. The van der Waals surface area contributed by atoms with Gasteiger partial charge in [-0.25, -0.2) is 0 Å². The minimum Gasteiger partial charge on any atom is -0.497 e. The minimum absolute atomic E-state index is 0.653. The first-order valence-electron chi connectivity index (χ1n) is 9.09. The molecule has 1 aromatic carbocycles. The summed E-state index contributed by atoms with van der Waals surface area (Å²) in [7, 11) is 1.73. The fraction of sp³-hybridized carbons (Fsp3) is 0.600. The van der Waals surface area contributed by atoms with Gasteiger partial charge in [0.25, 0.3) is 0 Å². The third kappa shape index (κ3) is 1.92. The molecule has 23 heavy (non-hydrogen) atoms. The van der Waals surface area contributed by atoms with Crippen LogP contribution in [0.3, 0.4) is 0 Å². The highest BCUT2D eigenvalue weighted by Crippen LogP contribution is 2.60. The molecule has 3 nitrogen and oxygen atoms in total. The molecule has 2 aromatic rings. The number of nitrogens with one attached hydrogen (secondary N) is 1. The SMILES string of the molecule is COc1ccc2oc3c(c2c1)CCNC(C)C1CCC2C3CC12. The number of furan rings is 1. The van der Waals surface area contributed by atoms with E-state index in [0.717, 1.165) is 42.1 Å². The van der Waals surface area contributed by atoms with Crippen LogP contribution in [0, 0.1) is 17.8 Å². The molecule has 2 saturated carbocycles. The van der Waals surface area contributed by atoms with Crippen molar-refractivity contribution in [2.45, 2.75) is 44.6 Å². The zero-order valence-corrected chi connectivity index (χ0v) is 14.0. The predicted octanol–water partition coefficient (Wildman–Crippen LogP) is 4.11. The highest BCUT2D eigenvalue weighted by molar-refractivity contribution is 5.84. The minimum atomic E-state index is 0.653. The van der Waals surface area contributed by atoms with Crippen LogP contribution in [-0.2, 0) is 6.42 Å². The Balaban J connectivity index is 1.63. The van der Waals surface area contributed by atoms with Crippen molar-refractivity contribution in [1.29, 1.82) is 0 Å². The van der Waals surface area contributed by atoms with Crippen molar-refractivity contribution in [2.75, 3.05) is 13.7 Å². The summed E-state index contributed by atoms with van der Waals surface area (Å²) in [6, 6.07) is 6.89. The lowest BCUT2D eigenvalue weighted by Crippen LogP contribution is -2.43. The van der Waals surface area contributed by atoms with Gasteiger partial charge in [-0.15, -0.1) is 0 Å². The van der Waals surface area contributed by atoms with Crippen LogP contribution in [0.4, 0.5) is 0 Å². The van der Waals surface area contributed by atoms with Crippen LogP contribution in [0.2, 0.25) is 0 Å². The van der Waals surface area contributed by atoms with E-state index in [1.54, 1.807) is 7.11 Å². The number of hydrogen-bond donors (Lipinski definition) is 1. The zero-order valence-electron chi connectivity index (χ0n) is 14.0. The molecule has 2 fully saturated rings. The summed E-state index contributed by atoms with van der Waals surface area (Å²) >= 11 is 0. The Bertz CT molecular complexity index is 749. The zero-order chi connectivity index (χ0) is 15.6. The summed E-state index contributed by atoms with van der Waals surface area (Å²) in [6.07, 6.45) is 5.15. The smallest absolute Gasteiger partial charge is 0.134 e. The fourth-order valence-electron chi connectivity index (χ4n) is 5.58. The number of methoxy groups -OCH3 is 1.